The predicted octanol–water partition coefficient (Wildman–Crippen LogP) is 4.56. The van der Waals surface area contributed by atoms with Gasteiger partial charge >= 0.3 is 0 Å². The van der Waals surface area contributed by atoms with Gasteiger partial charge in [-0.25, -0.2) is 4.98 Å². The average molecular weight is 318 g/mol. The molecular weight excluding hydrogens is 304 g/mol. The Balaban J connectivity index is 1.71. The Bertz CT molecular complexity index is 983. The molecule has 3 aromatic heterocycles. The maximum Gasteiger partial charge on any atom is 0.0928 e. The number of aromatic nitrogens is 4. The molecule has 0 radical (unpaired) electrons. The Hall–Kier alpha value is -2.79. The van der Waals surface area contributed by atoms with Crippen LogP contribution < -0.4 is 0 Å². The molecule has 0 atom stereocenters. The molecule has 0 aliphatic heterocycles. The van der Waals surface area contributed by atoms with E-state index in [1.807, 2.05) is 42.8 Å². The molecule has 0 saturated carbocycles. The second-order valence-corrected chi connectivity index (χ2v) is 6.08. The quantitative estimate of drug-likeness (QED) is 0.602. The predicted molar refractivity (Wildman–Crippen MR) is 95.1 cm³/mol. The number of hydrogen-bond donors (Lipinski definition) is 1. The molecule has 0 fully saturated rings. The Morgan fingerprint density at radius 3 is 2.83 bits per heavy atom. The molecule has 112 valence electrons. The molecule has 5 heteroatoms. The van der Waals surface area contributed by atoms with Crippen LogP contribution in [0.15, 0.2) is 48.1 Å². The fraction of sp³-hybridized carbons (Fsp3) is 0.0556. The highest BCUT2D eigenvalue weighted by Crippen LogP contribution is 2.30. The maximum absolute atomic E-state index is 4.40. The molecule has 0 aliphatic carbocycles. The van der Waals surface area contributed by atoms with Gasteiger partial charge in [-0.15, -0.1) is 11.3 Å². The molecule has 0 aliphatic rings. The van der Waals surface area contributed by atoms with Crippen LogP contribution in [-0.4, -0.2) is 20.2 Å². The summed E-state index contributed by atoms with van der Waals surface area (Å²) in [6, 6.07) is 12.2. The van der Waals surface area contributed by atoms with Crippen molar-refractivity contribution in [3.63, 3.8) is 0 Å². The number of nitrogens with one attached hydrogen (secondary N) is 1. The first-order valence-corrected chi connectivity index (χ1v) is 8.17. The highest BCUT2D eigenvalue weighted by molar-refractivity contribution is 7.13. The van der Waals surface area contributed by atoms with Crippen molar-refractivity contribution in [2.45, 2.75) is 6.92 Å². The Labute approximate surface area is 137 Å². The van der Waals surface area contributed by atoms with Crippen molar-refractivity contribution in [3.8, 4) is 10.4 Å². The first-order chi connectivity index (χ1) is 11.3. The van der Waals surface area contributed by atoms with Crippen LogP contribution in [0.1, 0.15) is 17.1 Å². The molecule has 4 aromatic rings. The van der Waals surface area contributed by atoms with Gasteiger partial charge in [0.25, 0.3) is 0 Å². The van der Waals surface area contributed by atoms with Crippen molar-refractivity contribution in [2.24, 2.45) is 0 Å². The Morgan fingerprint density at radius 2 is 2.04 bits per heavy atom. The van der Waals surface area contributed by atoms with Gasteiger partial charge in [0.15, 0.2) is 0 Å². The molecule has 0 saturated heterocycles. The molecule has 0 amide bonds. The minimum atomic E-state index is 0.915. The van der Waals surface area contributed by atoms with Crippen molar-refractivity contribution >= 4 is 34.4 Å². The van der Waals surface area contributed by atoms with Crippen molar-refractivity contribution in [3.05, 3.63) is 65.2 Å². The summed E-state index contributed by atoms with van der Waals surface area (Å²) in [6.07, 6.45) is 5.74. The van der Waals surface area contributed by atoms with E-state index in [-0.39, 0.29) is 0 Å². The van der Waals surface area contributed by atoms with Crippen molar-refractivity contribution in [1.82, 2.24) is 20.2 Å². The number of rotatable bonds is 3. The first kappa shape index (κ1) is 13.8. The SMILES string of the molecule is Cc1ncsc1-c1ccc2c(C=Cc3ccccn3)n[nH]c2c1. The van der Waals surface area contributed by atoms with Crippen LogP contribution in [0.25, 0.3) is 33.5 Å². The highest BCUT2D eigenvalue weighted by atomic mass is 32.1. The van der Waals surface area contributed by atoms with Gasteiger partial charge in [-0.3, -0.25) is 10.1 Å². The summed E-state index contributed by atoms with van der Waals surface area (Å²) < 4.78 is 0. The molecule has 0 bridgehead atoms. The number of hydrogen-bond acceptors (Lipinski definition) is 4. The zero-order valence-electron chi connectivity index (χ0n) is 12.5. The van der Waals surface area contributed by atoms with E-state index >= 15 is 0 Å². The standard InChI is InChI=1S/C18H14N4S/c1-12-18(23-11-20-12)13-5-7-15-16(21-22-17(15)10-13)8-6-14-4-2-3-9-19-14/h2-11H,1H3,(H,21,22). The summed E-state index contributed by atoms with van der Waals surface area (Å²) >= 11 is 1.66. The minimum absolute atomic E-state index is 0.915. The smallest absolute Gasteiger partial charge is 0.0928 e. The molecule has 4 nitrogen and oxygen atoms in total. The normalized spacial score (nSPS) is 11.5. The molecule has 4 rings (SSSR count). The third kappa shape index (κ3) is 2.66. The number of H-pyrrole nitrogens is 1. The van der Waals surface area contributed by atoms with Crippen LogP contribution in [0.5, 0.6) is 0 Å². The Morgan fingerprint density at radius 1 is 1.09 bits per heavy atom. The number of thiazole rings is 1. The van der Waals surface area contributed by atoms with Gasteiger partial charge < -0.3 is 0 Å². The van der Waals surface area contributed by atoms with Gasteiger partial charge in [0.05, 0.1) is 33.0 Å². The van der Waals surface area contributed by atoms with Crippen LogP contribution in [-0.2, 0) is 0 Å². The van der Waals surface area contributed by atoms with Crippen LogP contribution >= 0.6 is 11.3 Å². The van der Waals surface area contributed by atoms with E-state index < -0.39 is 0 Å². The second-order valence-electron chi connectivity index (χ2n) is 5.22. The van der Waals surface area contributed by atoms with Crippen LogP contribution in [0, 0.1) is 6.92 Å². The summed E-state index contributed by atoms with van der Waals surface area (Å²) in [5, 5.41) is 8.61. The zero-order valence-corrected chi connectivity index (χ0v) is 13.3. The monoisotopic (exact) mass is 318 g/mol. The number of aryl methyl sites for hydroxylation is 1. The van der Waals surface area contributed by atoms with Gasteiger partial charge in [-0.1, -0.05) is 12.1 Å². The largest absolute Gasteiger partial charge is 0.277 e. The number of pyridine rings is 1. The lowest BCUT2D eigenvalue weighted by atomic mass is 10.1. The van der Waals surface area contributed by atoms with Crippen LogP contribution in [0.2, 0.25) is 0 Å². The molecule has 1 aromatic carbocycles. The highest BCUT2D eigenvalue weighted by Gasteiger charge is 2.08. The van der Waals surface area contributed by atoms with Gasteiger partial charge in [-0.05, 0) is 48.9 Å². The van der Waals surface area contributed by atoms with Crippen molar-refractivity contribution in [2.75, 3.05) is 0 Å². The van der Waals surface area contributed by atoms with Gasteiger partial charge in [0.1, 0.15) is 0 Å². The maximum atomic E-state index is 4.40. The van der Waals surface area contributed by atoms with E-state index in [1.54, 1.807) is 17.5 Å². The molecule has 1 N–H and O–H groups in total. The lowest BCUT2D eigenvalue weighted by Gasteiger charge is -1.99. The summed E-state index contributed by atoms with van der Waals surface area (Å²) in [4.78, 5) is 9.80. The van der Waals surface area contributed by atoms with E-state index in [4.69, 9.17) is 0 Å². The number of aromatic amines is 1. The molecule has 3 heterocycles. The van der Waals surface area contributed by atoms with Crippen LogP contribution in [0.4, 0.5) is 0 Å². The first-order valence-electron chi connectivity index (χ1n) is 7.29. The third-order valence-corrected chi connectivity index (χ3v) is 4.68. The van der Waals surface area contributed by atoms with Gasteiger partial charge in [-0.2, -0.15) is 5.10 Å². The van der Waals surface area contributed by atoms with E-state index in [2.05, 4.69) is 38.4 Å². The fourth-order valence-corrected chi connectivity index (χ4v) is 3.33. The summed E-state index contributed by atoms with van der Waals surface area (Å²) in [7, 11) is 0. The number of nitrogens with zero attached hydrogens (tertiary/aromatic N) is 3. The number of fused-ring (bicyclic) bond motifs is 1. The summed E-state index contributed by atoms with van der Waals surface area (Å²) in [5.74, 6) is 0. The zero-order chi connectivity index (χ0) is 15.6. The topological polar surface area (TPSA) is 54.5 Å². The van der Waals surface area contributed by atoms with E-state index in [1.165, 1.54) is 10.4 Å². The second kappa shape index (κ2) is 5.78. The molecule has 0 spiro atoms. The summed E-state index contributed by atoms with van der Waals surface area (Å²) in [6.45, 7) is 2.03. The lowest BCUT2D eigenvalue weighted by Crippen LogP contribution is -1.79. The summed E-state index contributed by atoms with van der Waals surface area (Å²) in [5.41, 5.74) is 6.96. The van der Waals surface area contributed by atoms with Gasteiger partial charge in [0, 0.05) is 11.6 Å². The molecular formula is C18H14N4S. The van der Waals surface area contributed by atoms with Gasteiger partial charge in [0.2, 0.25) is 0 Å². The van der Waals surface area contributed by atoms with Crippen molar-refractivity contribution < 1.29 is 0 Å². The molecule has 23 heavy (non-hydrogen) atoms. The van der Waals surface area contributed by atoms with E-state index in [9.17, 15) is 0 Å². The van der Waals surface area contributed by atoms with Crippen LogP contribution in [0.3, 0.4) is 0 Å². The lowest BCUT2D eigenvalue weighted by molar-refractivity contribution is 1.11. The number of benzene rings is 1. The Kier molecular flexibility index (Phi) is 3.48. The van der Waals surface area contributed by atoms with Crippen molar-refractivity contribution in [1.29, 1.82) is 0 Å². The van der Waals surface area contributed by atoms with E-state index in [0.29, 0.717) is 0 Å². The average Bonchev–Trinajstić information content (AvgIpc) is 3.19. The molecule has 0 unspecified atom stereocenters. The fourth-order valence-electron chi connectivity index (χ4n) is 2.53. The minimum Gasteiger partial charge on any atom is -0.277 e. The third-order valence-electron chi connectivity index (χ3n) is 3.70. The van der Waals surface area contributed by atoms with E-state index in [0.717, 1.165) is 28.0 Å².